The van der Waals surface area contributed by atoms with E-state index in [2.05, 4.69) is 4.98 Å². The highest BCUT2D eigenvalue weighted by atomic mass is 16.3. The first-order valence-electron chi connectivity index (χ1n) is 5.71. The van der Waals surface area contributed by atoms with Crippen LogP contribution in [0.15, 0.2) is 52.9 Å². The monoisotopic (exact) mass is 237 g/mol. The van der Waals surface area contributed by atoms with Crippen LogP contribution in [0.2, 0.25) is 0 Å². The molecule has 0 saturated carbocycles. The summed E-state index contributed by atoms with van der Waals surface area (Å²) in [4.78, 5) is 16.5. The molecule has 0 radical (unpaired) electrons. The van der Waals surface area contributed by atoms with Gasteiger partial charge in [-0.15, -0.1) is 0 Å². The molecule has 18 heavy (non-hydrogen) atoms. The first kappa shape index (κ1) is 10.7. The normalized spacial score (nSPS) is 10.7. The fraction of sp³-hybridized carbons (Fsp3) is 0.0667. The Hall–Kier alpha value is -2.42. The highest BCUT2D eigenvalue weighted by Gasteiger charge is 2.11. The molecule has 0 bridgehead atoms. The number of hydrogen-bond acceptors (Lipinski definition) is 3. The number of ketones is 1. The number of aromatic nitrogens is 1. The van der Waals surface area contributed by atoms with Gasteiger partial charge in [-0.05, 0) is 18.2 Å². The molecule has 3 nitrogen and oxygen atoms in total. The van der Waals surface area contributed by atoms with E-state index in [4.69, 9.17) is 4.42 Å². The molecule has 0 saturated heterocycles. The van der Waals surface area contributed by atoms with Gasteiger partial charge in [0.25, 0.3) is 0 Å². The summed E-state index contributed by atoms with van der Waals surface area (Å²) in [6, 6.07) is 14.5. The van der Waals surface area contributed by atoms with Gasteiger partial charge in [-0.1, -0.05) is 30.3 Å². The van der Waals surface area contributed by atoms with Crippen molar-refractivity contribution in [3.8, 4) is 0 Å². The molecule has 0 aliphatic carbocycles. The predicted molar refractivity (Wildman–Crippen MR) is 68.6 cm³/mol. The third-order valence-electron chi connectivity index (χ3n) is 2.79. The second-order valence-electron chi connectivity index (χ2n) is 4.11. The lowest BCUT2D eigenvalue weighted by Gasteiger charge is -2.00. The minimum Gasteiger partial charge on any atom is -0.441 e. The fourth-order valence-electron chi connectivity index (χ4n) is 1.94. The van der Waals surface area contributed by atoms with E-state index in [1.165, 1.54) is 0 Å². The second-order valence-corrected chi connectivity index (χ2v) is 4.11. The molecule has 0 spiro atoms. The first-order chi connectivity index (χ1) is 8.74. The largest absolute Gasteiger partial charge is 0.441 e. The van der Waals surface area contributed by atoms with Gasteiger partial charge in [0.05, 0.1) is 0 Å². The van der Waals surface area contributed by atoms with E-state index < -0.39 is 0 Å². The molecule has 2 aromatic carbocycles. The van der Waals surface area contributed by atoms with Crippen molar-refractivity contribution >= 4 is 16.9 Å². The van der Waals surface area contributed by atoms with Gasteiger partial charge in [0.2, 0.25) is 0 Å². The zero-order valence-electron chi connectivity index (χ0n) is 9.88. The number of carbonyl (C=O) groups excluding carboxylic acids is 1. The van der Waals surface area contributed by atoms with E-state index in [1.54, 1.807) is 37.3 Å². The number of carbonyl (C=O) groups is 1. The van der Waals surface area contributed by atoms with Crippen LogP contribution in [0.4, 0.5) is 0 Å². The van der Waals surface area contributed by atoms with E-state index >= 15 is 0 Å². The maximum absolute atomic E-state index is 12.2. The predicted octanol–water partition coefficient (Wildman–Crippen LogP) is 3.37. The Bertz CT molecular complexity index is 714. The van der Waals surface area contributed by atoms with Crippen LogP contribution in [-0.4, -0.2) is 10.8 Å². The molecule has 0 aliphatic heterocycles. The topological polar surface area (TPSA) is 43.1 Å². The molecule has 3 heteroatoms. The van der Waals surface area contributed by atoms with Crippen molar-refractivity contribution in [3.63, 3.8) is 0 Å². The molecule has 0 unspecified atom stereocenters. The van der Waals surface area contributed by atoms with Crippen LogP contribution in [0.5, 0.6) is 0 Å². The van der Waals surface area contributed by atoms with Crippen LogP contribution >= 0.6 is 0 Å². The van der Waals surface area contributed by atoms with E-state index in [1.807, 2.05) is 18.2 Å². The number of fused-ring (bicyclic) bond motifs is 1. The van der Waals surface area contributed by atoms with Crippen LogP contribution in [0.3, 0.4) is 0 Å². The summed E-state index contributed by atoms with van der Waals surface area (Å²) >= 11 is 0. The molecule has 0 aliphatic rings. The lowest BCUT2D eigenvalue weighted by atomic mass is 10.0. The van der Waals surface area contributed by atoms with Crippen molar-refractivity contribution in [2.75, 3.05) is 0 Å². The minimum absolute atomic E-state index is 0.00171. The van der Waals surface area contributed by atoms with E-state index in [0.717, 1.165) is 0 Å². The second kappa shape index (κ2) is 4.11. The summed E-state index contributed by atoms with van der Waals surface area (Å²) in [5.74, 6) is 0.604. The maximum atomic E-state index is 12.2. The van der Waals surface area contributed by atoms with Gasteiger partial charge < -0.3 is 4.42 Å². The van der Waals surface area contributed by atoms with Crippen LogP contribution in [-0.2, 0) is 0 Å². The Morgan fingerprint density at radius 2 is 1.83 bits per heavy atom. The molecule has 3 rings (SSSR count). The van der Waals surface area contributed by atoms with Gasteiger partial charge in [-0.3, -0.25) is 4.79 Å². The summed E-state index contributed by atoms with van der Waals surface area (Å²) in [7, 11) is 0. The smallest absolute Gasteiger partial charge is 0.193 e. The quantitative estimate of drug-likeness (QED) is 0.642. The minimum atomic E-state index is -0.00171. The number of benzene rings is 2. The summed E-state index contributed by atoms with van der Waals surface area (Å²) in [5, 5.41) is 0. The molecular formula is C15H11NO2. The van der Waals surface area contributed by atoms with Crippen molar-refractivity contribution in [1.29, 1.82) is 0 Å². The van der Waals surface area contributed by atoms with Gasteiger partial charge in [0.15, 0.2) is 17.3 Å². The van der Waals surface area contributed by atoms with Crippen LogP contribution < -0.4 is 0 Å². The fourth-order valence-corrected chi connectivity index (χ4v) is 1.94. The van der Waals surface area contributed by atoms with Crippen molar-refractivity contribution in [1.82, 2.24) is 4.98 Å². The van der Waals surface area contributed by atoms with Gasteiger partial charge in [-0.25, -0.2) is 4.98 Å². The van der Waals surface area contributed by atoms with Gasteiger partial charge in [0, 0.05) is 18.1 Å². The molecule has 3 aromatic rings. The molecule has 0 N–H and O–H groups in total. The Balaban J connectivity index is 2.06. The van der Waals surface area contributed by atoms with Crippen LogP contribution in [0.1, 0.15) is 21.8 Å². The number of nitrogens with zero attached hydrogens (tertiary/aromatic N) is 1. The Labute approximate surface area is 104 Å². The Kier molecular flexibility index (Phi) is 2.45. The molecule has 1 aromatic heterocycles. The van der Waals surface area contributed by atoms with Gasteiger partial charge in [-0.2, -0.15) is 0 Å². The molecule has 1 heterocycles. The third-order valence-corrected chi connectivity index (χ3v) is 2.79. The zero-order valence-corrected chi connectivity index (χ0v) is 9.88. The van der Waals surface area contributed by atoms with E-state index in [9.17, 15) is 4.79 Å². The lowest BCUT2D eigenvalue weighted by molar-refractivity contribution is 0.103. The van der Waals surface area contributed by atoms with Gasteiger partial charge in [0.1, 0.15) is 5.52 Å². The Morgan fingerprint density at radius 1 is 1.06 bits per heavy atom. The summed E-state index contributed by atoms with van der Waals surface area (Å²) < 4.78 is 5.39. The zero-order chi connectivity index (χ0) is 12.5. The molecule has 0 atom stereocenters. The van der Waals surface area contributed by atoms with Crippen LogP contribution in [0, 0.1) is 6.92 Å². The lowest BCUT2D eigenvalue weighted by Crippen LogP contribution is -2.00. The van der Waals surface area contributed by atoms with Crippen molar-refractivity contribution in [2.45, 2.75) is 6.92 Å². The number of aryl methyl sites for hydroxylation is 1. The van der Waals surface area contributed by atoms with Gasteiger partial charge >= 0.3 is 0 Å². The van der Waals surface area contributed by atoms with E-state index in [-0.39, 0.29) is 5.78 Å². The number of rotatable bonds is 2. The van der Waals surface area contributed by atoms with Crippen molar-refractivity contribution in [2.24, 2.45) is 0 Å². The molecular weight excluding hydrogens is 226 g/mol. The highest BCUT2D eigenvalue weighted by molar-refractivity contribution is 6.10. The molecule has 0 amide bonds. The number of oxazole rings is 1. The standard InChI is InChI=1S/C15H11NO2/c1-10-16-13-9-12(7-8-14(13)18-10)15(17)11-5-3-2-4-6-11/h2-9H,1H3. The van der Waals surface area contributed by atoms with Crippen molar-refractivity contribution in [3.05, 3.63) is 65.5 Å². The third kappa shape index (κ3) is 1.80. The Morgan fingerprint density at radius 3 is 2.61 bits per heavy atom. The SMILES string of the molecule is Cc1nc2cc(C(=O)c3ccccc3)ccc2o1. The maximum Gasteiger partial charge on any atom is 0.193 e. The van der Waals surface area contributed by atoms with Crippen molar-refractivity contribution < 1.29 is 9.21 Å². The first-order valence-corrected chi connectivity index (χ1v) is 5.71. The average Bonchev–Trinajstić information content (AvgIpc) is 2.78. The summed E-state index contributed by atoms with van der Waals surface area (Å²) in [5.41, 5.74) is 2.73. The summed E-state index contributed by atoms with van der Waals surface area (Å²) in [6.07, 6.45) is 0. The molecule has 0 fully saturated rings. The summed E-state index contributed by atoms with van der Waals surface area (Å²) in [6.45, 7) is 1.79. The average molecular weight is 237 g/mol. The highest BCUT2D eigenvalue weighted by Crippen LogP contribution is 2.18. The molecule has 88 valence electrons. The van der Waals surface area contributed by atoms with E-state index in [0.29, 0.717) is 28.1 Å². The number of hydrogen-bond donors (Lipinski definition) is 0. The van der Waals surface area contributed by atoms with Crippen LogP contribution in [0.25, 0.3) is 11.1 Å².